The number of amides is 2. The van der Waals surface area contributed by atoms with Gasteiger partial charge in [0.25, 0.3) is 0 Å². The molecule has 2 rings (SSSR count). The Morgan fingerprint density at radius 3 is 3.05 bits per heavy atom. The lowest BCUT2D eigenvalue weighted by Gasteiger charge is -2.35. The van der Waals surface area contributed by atoms with Crippen LogP contribution >= 0.6 is 11.3 Å². The van der Waals surface area contributed by atoms with Crippen LogP contribution in [0.2, 0.25) is 0 Å². The van der Waals surface area contributed by atoms with Crippen molar-refractivity contribution in [2.75, 3.05) is 13.1 Å². The fourth-order valence-electron chi connectivity index (χ4n) is 2.34. The zero-order chi connectivity index (χ0) is 13.8. The number of nitrogens with one attached hydrogen (secondary N) is 1. The lowest BCUT2D eigenvalue weighted by Crippen LogP contribution is -2.50. The second-order valence-electron chi connectivity index (χ2n) is 5.21. The molecule has 2 N–H and O–H groups in total. The first-order valence-corrected chi connectivity index (χ1v) is 7.76. The first-order chi connectivity index (χ1) is 9.11. The minimum atomic E-state index is -0.402. The predicted molar refractivity (Wildman–Crippen MR) is 77.2 cm³/mol. The highest BCUT2D eigenvalue weighted by atomic mass is 32.1. The second kappa shape index (κ2) is 6.39. The number of rotatable bonds is 3. The highest BCUT2D eigenvalue weighted by Crippen LogP contribution is 2.23. The molecule has 2 heterocycles. The number of aliphatic hydroxyl groups excluding tert-OH is 1. The van der Waals surface area contributed by atoms with E-state index in [1.54, 1.807) is 16.2 Å². The molecule has 5 heteroatoms. The molecule has 19 heavy (non-hydrogen) atoms. The van der Waals surface area contributed by atoms with Gasteiger partial charge in [0, 0.05) is 18.0 Å². The number of β-amino-alcohol motifs (C(OH)–C–C–N with tert-alkyl or cyclic N) is 1. The van der Waals surface area contributed by atoms with Crippen LogP contribution in [0.5, 0.6) is 0 Å². The van der Waals surface area contributed by atoms with Crippen LogP contribution in [0.3, 0.4) is 0 Å². The van der Waals surface area contributed by atoms with Gasteiger partial charge in [0.05, 0.1) is 12.1 Å². The summed E-state index contributed by atoms with van der Waals surface area (Å²) in [6, 6.07) is 4.06. The van der Waals surface area contributed by atoms with Crippen molar-refractivity contribution in [3.63, 3.8) is 0 Å². The second-order valence-corrected chi connectivity index (χ2v) is 6.18. The predicted octanol–water partition coefficient (Wildman–Crippen LogP) is 2.61. The summed E-state index contributed by atoms with van der Waals surface area (Å²) in [5.41, 5.74) is 0. The maximum Gasteiger partial charge on any atom is 0.317 e. The number of carbonyl (C=O) groups excluding carboxylic acids is 1. The molecule has 1 aromatic heterocycles. The molecular weight excluding hydrogens is 260 g/mol. The van der Waals surface area contributed by atoms with Gasteiger partial charge in [0.1, 0.15) is 0 Å². The standard InChI is InChI=1S/C14H22N2O2S/c1-3-11(13-5-4-8-19-13)15-14(18)16-7-6-10(2)12(17)9-16/h4-5,8,10-12,17H,3,6-7,9H2,1-2H3,(H,15,18). The molecule has 3 unspecified atom stereocenters. The number of nitrogens with zero attached hydrogens (tertiary/aromatic N) is 1. The van der Waals surface area contributed by atoms with E-state index in [0.717, 1.165) is 19.4 Å². The van der Waals surface area contributed by atoms with Crippen LogP contribution in [0.25, 0.3) is 0 Å². The zero-order valence-electron chi connectivity index (χ0n) is 11.5. The van der Waals surface area contributed by atoms with Gasteiger partial charge >= 0.3 is 6.03 Å². The summed E-state index contributed by atoms with van der Waals surface area (Å²) < 4.78 is 0. The number of thiophene rings is 1. The highest BCUT2D eigenvalue weighted by Gasteiger charge is 2.28. The van der Waals surface area contributed by atoms with Crippen LogP contribution in [0.15, 0.2) is 17.5 Å². The number of hydrogen-bond donors (Lipinski definition) is 2. The van der Waals surface area contributed by atoms with Crippen LogP contribution in [-0.2, 0) is 0 Å². The van der Waals surface area contributed by atoms with Gasteiger partial charge in [-0.25, -0.2) is 4.79 Å². The molecule has 1 fully saturated rings. The van der Waals surface area contributed by atoms with Crippen molar-refractivity contribution in [2.45, 2.75) is 38.8 Å². The number of likely N-dealkylation sites (tertiary alicyclic amines) is 1. The third-order valence-electron chi connectivity index (χ3n) is 3.80. The van der Waals surface area contributed by atoms with Crippen molar-refractivity contribution in [2.24, 2.45) is 5.92 Å². The Balaban J connectivity index is 1.93. The first kappa shape index (κ1) is 14.3. The largest absolute Gasteiger partial charge is 0.391 e. The molecule has 0 saturated carbocycles. The minimum Gasteiger partial charge on any atom is -0.391 e. The lowest BCUT2D eigenvalue weighted by atomic mass is 9.96. The molecule has 106 valence electrons. The quantitative estimate of drug-likeness (QED) is 0.895. The van der Waals surface area contributed by atoms with Crippen LogP contribution < -0.4 is 5.32 Å². The fourth-order valence-corrected chi connectivity index (χ4v) is 3.20. The molecule has 1 saturated heterocycles. The summed E-state index contributed by atoms with van der Waals surface area (Å²) in [6.07, 6.45) is 1.34. The third kappa shape index (κ3) is 3.48. The SMILES string of the molecule is CCC(NC(=O)N1CCC(C)C(O)C1)c1cccs1. The van der Waals surface area contributed by atoms with Crippen LogP contribution in [0.1, 0.15) is 37.6 Å². The smallest absolute Gasteiger partial charge is 0.317 e. The van der Waals surface area contributed by atoms with E-state index in [-0.39, 0.29) is 18.0 Å². The molecular formula is C14H22N2O2S. The van der Waals surface area contributed by atoms with Crippen LogP contribution in [0.4, 0.5) is 4.79 Å². The van der Waals surface area contributed by atoms with E-state index in [9.17, 15) is 9.90 Å². The van der Waals surface area contributed by atoms with Gasteiger partial charge in [-0.05, 0) is 30.2 Å². The summed E-state index contributed by atoms with van der Waals surface area (Å²) >= 11 is 1.66. The Morgan fingerprint density at radius 2 is 2.47 bits per heavy atom. The van der Waals surface area contributed by atoms with Gasteiger partial charge < -0.3 is 15.3 Å². The van der Waals surface area contributed by atoms with Crippen molar-refractivity contribution < 1.29 is 9.90 Å². The number of carbonyl (C=O) groups is 1. The average molecular weight is 282 g/mol. The summed E-state index contributed by atoms with van der Waals surface area (Å²) in [5, 5.41) is 14.9. The maximum absolute atomic E-state index is 12.2. The summed E-state index contributed by atoms with van der Waals surface area (Å²) in [5.74, 6) is 0.281. The van der Waals surface area contributed by atoms with Gasteiger partial charge in [-0.2, -0.15) is 0 Å². The Kier molecular flexibility index (Phi) is 4.82. The molecule has 0 radical (unpaired) electrons. The summed E-state index contributed by atoms with van der Waals surface area (Å²) in [6.45, 7) is 5.26. The molecule has 0 bridgehead atoms. The van der Waals surface area contributed by atoms with E-state index in [2.05, 4.69) is 12.2 Å². The molecule has 0 aliphatic carbocycles. The highest BCUT2D eigenvalue weighted by molar-refractivity contribution is 7.10. The third-order valence-corrected chi connectivity index (χ3v) is 4.78. The van der Waals surface area contributed by atoms with E-state index in [0.29, 0.717) is 6.54 Å². The average Bonchev–Trinajstić information content (AvgIpc) is 2.92. The van der Waals surface area contributed by atoms with E-state index < -0.39 is 6.10 Å². The number of urea groups is 1. The maximum atomic E-state index is 12.2. The minimum absolute atomic E-state index is 0.0637. The monoisotopic (exact) mass is 282 g/mol. The Hall–Kier alpha value is -1.07. The van der Waals surface area contributed by atoms with Gasteiger partial charge in [-0.1, -0.05) is 19.9 Å². The molecule has 1 aromatic rings. The van der Waals surface area contributed by atoms with E-state index in [1.807, 2.05) is 24.4 Å². The molecule has 0 spiro atoms. The van der Waals surface area contributed by atoms with Gasteiger partial charge in [-0.15, -0.1) is 11.3 Å². The molecule has 1 aliphatic heterocycles. The molecule has 4 nitrogen and oxygen atoms in total. The van der Waals surface area contributed by atoms with Crippen LogP contribution in [-0.4, -0.2) is 35.2 Å². The van der Waals surface area contributed by atoms with Gasteiger partial charge in [0.15, 0.2) is 0 Å². The van der Waals surface area contributed by atoms with Crippen molar-refractivity contribution in [3.05, 3.63) is 22.4 Å². The Bertz CT molecular complexity index is 408. The van der Waals surface area contributed by atoms with Gasteiger partial charge in [-0.3, -0.25) is 0 Å². The van der Waals surface area contributed by atoms with Gasteiger partial charge in [0.2, 0.25) is 0 Å². The van der Waals surface area contributed by atoms with Crippen molar-refractivity contribution in [3.8, 4) is 0 Å². The van der Waals surface area contributed by atoms with Crippen molar-refractivity contribution in [1.29, 1.82) is 0 Å². The van der Waals surface area contributed by atoms with E-state index >= 15 is 0 Å². The number of hydrogen-bond acceptors (Lipinski definition) is 3. The first-order valence-electron chi connectivity index (χ1n) is 6.88. The fraction of sp³-hybridized carbons (Fsp3) is 0.643. The number of aliphatic hydroxyl groups is 1. The molecule has 0 aromatic carbocycles. The summed E-state index contributed by atoms with van der Waals surface area (Å²) in [7, 11) is 0. The van der Waals surface area contributed by atoms with E-state index in [1.165, 1.54) is 4.88 Å². The zero-order valence-corrected chi connectivity index (χ0v) is 12.3. The summed E-state index contributed by atoms with van der Waals surface area (Å²) in [4.78, 5) is 15.1. The van der Waals surface area contributed by atoms with E-state index in [4.69, 9.17) is 0 Å². The number of piperidine rings is 1. The Labute approximate surface area is 118 Å². The molecule has 3 atom stereocenters. The molecule has 2 amide bonds. The van der Waals surface area contributed by atoms with Crippen LogP contribution in [0, 0.1) is 5.92 Å². The lowest BCUT2D eigenvalue weighted by molar-refractivity contribution is 0.0429. The van der Waals surface area contributed by atoms with Crippen molar-refractivity contribution >= 4 is 17.4 Å². The van der Waals surface area contributed by atoms with Crippen molar-refractivity contribution in [1.82, 2.24) is 10.2 Å². The Morgan fingerprint density at radius 1 is 1.68 bits per heavy atom. The molecule has 1 aliphatic rings. The topological polar surface area (TPSA) is 52.6 Å². The normalized spacial score (nSPS) is 25.1.